The number of para-hydroxylation sites is 1. The second kappa shape index (κ2) is 8.44. The van der Waals surface area contributed by atoms with Crippen LogP contribution in [-0.2, 0) is 19.8 Å². The second-order valence-electron chi connectivity index (χ2n) is 8.55. The zero-order chi connectivity index (χ0) is 22.1. The maximum atomic E-state index is 13.6. The lowest BCUT2D eigenvalue weighted by Crippen LogP contribution is -2.51. The summed E-state index contributed by atoms with van der Waals surface area (Å²) in [6, 6.07) is 6.73. The predicted octanol–water partition coefficient (Wildman–Crippen LogP) is 1.58. The Morgan fingerprint density at radius 3 is 2.73 bits per heavy atom. The number of carbonyl (C=O) groups is 3. The summed E-state index contributed by atoms with van der Waals surface area (Å²) in [7, 11) is 1.61. The number of benzene rings is 1. The van der Waals surface area contributed by atoms with Crippen molar-refractivity contribution in [3.05, 3.63) is 41.2 Å². The number of hydrogen-bond donors (Lipinski definition) is 2. The Morgan fingerprint density at radius 1 is 1.40 bits per heavy atom. The zero-order valence-electron chi connectivity index (χ0n) is 17.7. The van der Waals surface area contributed by atoms with Gasteiger partial charge in [-0.05, 0) is 24.0 Å². The van der Waals surface area contributed by atoms with E-state index in [1.165, 1.54) is 9.80 Å². The highest BCUT2D eigenvalue weighted by Crippen LogP contribution is 2.46. The van der Waals surface area contributed by atoms with Gasteiger partial charge in [-0.15, -0.1) is 0 Å². The number of nitrogens with zero attached hydrogens (tertiary/aromatic N) is 3. The molecule has 0 aliphatic carbocycles. The molecule has 0 saturated carbocycles. The van der Waals surface area contributed by atoms with Crippen LogP contribution in [0.15, 0.2) is 24.3 Å². The first-order valence-electron chi connectivity index (χ1n) is 10.3. The molecule has 1 aromatic rings. The molecule has 8 heteroatoms. The van der Waals surface area contributed by atoms with Gasteiger partial charge in [0.2, 0.25) is 11.8 Å². The Bertz CT molecular complexity index is 893. The van der Waals surface area contributed by atoms with Crippen molar-refractivity contribution in [1.29, 1.82) is 0 Å². The molecule has 2 aliphatic heterocycles. The van der Waals surface area contributed by atoms with Gasteiger partial charge in [0.15, 0.2) is 0 Å². The van der Waals surface area contributed by atoms with E-state index in [0.717, 1.165) is 11.3 Å². The van der Waals surface area contributed by atoms with Gasteiger partial charge in [0, 0.05) is 32.2 Å². The van der Waals surface area contributed by atoms with Crippen LogP contribution in [0.3, 0.4) is 0 Å². The molecule has 3 rings (SSSR count). The average molecular weight is 412 g/mol. The molecule has 160 valence electrons. The number of rotatable bonds is 6. The minimum atomic E-state index is -0.927. The lowest BCUT2D eigenvalue weighted by Gasteiger charge is -2.32. The van der Waals surface area contributed by atoms with E-state index < -0.39 is 17.6 Å². The summed E-state index contributed by atoms with van der Waals surface area (Å²) in [5, 5.41) is 2.90. The van der Waals surface area contributed by atoms with Crippen LogP contribution < -0.4 is 11.1 Å². The second-order valence-corrected chi connectivity index (χ2v) is 8.55. The monoisotopic (exact) mass is 411 g/mol. The summed E-state index contributed by atoms with van der Waals surface area (Å²) in [4.78, 5) is 45.6. The fourth-order valence-electron chi connectivity index (χ4n) is 4.49. The lowest BCUT2D eigenvalue weighted by atomic mass is 9.80. The fourth-order valence-corrected chi connectivity index (χ4v) is 4.49. The van der Waals surface area contributed by atoms with Crippen LogP contribution >= 0.6 is 0 Å². The minimum absolute atomic E-state index is 0.134. The minimum Gasteiger partial charge on any atom is -0.334 e. The van der Waals surface area contributed by atoms with Gasteiger partial charge < -0.3 is 16.0 Å². The molecule has 30 heavy (non-hydrogen) atoms. The number of fused-ring (bicyclic) bond motifs is 2. The van der Waals surface area contributed by atoms with Crippen molar-refractivity contribution in [2.75, 3.05) is 25.5 Å². The van der Waals surface area contributed by atoms with E-state index in [2.05, 4.69) is 10.2 Å². The largest absolute Gasteiger partial charge is 0.334 e. The Labute approximate surface area is 177 Å². The molecule has 8 nitrogen and oxygen atoms in total. The molecule has 1 aromatic carbocycles. The molecule has 1 fully saturated rings. The number of carbonyl (C=O) groups excluding carboxylic acids is 3. The third kappa shape index (κ3) is 3.65. The number of likely N-dealkylation sites (tertiary alicyclic amines) is 1. The van der Waals surface area contributed by atoms with Crippen molar-refractivity contribution in [3.63, 3.8) is 0 Å². The predicted molar refractivity (Wildman–Crippen MR) is 113 cm³/mol. The van der Waals surface area contributed by atoms with Crippen LogP contribution in [0.5, 0.6) is 0 Å². The smallest absolute Gasteiger partial charge is 0.302 e. The quantitative estimate of drug-likeness (QED) is 0.694. The van der Waals surface area contributed by atoms with Gasteiger partial charge in [-0.3, -0.25) is 24.1 Å². The van der Waals surface area contributed by atoms with Gasteiger partial charge in [-0.1, -0.05) is 32.0 Å². The SMILES string of the molecule is [C-]#[N+][C@@H]1C[C@@]2(CN1C(=O)[C@H](CC(C)C)N(C)C(=O)CCN)C(=O)Nc1ccccc12. The van der Waals surface area contributed by atoms with Crippen molar-refractivity contribution < 1.29 is 14.4 Å². The average Bonchev–Trinajstić information content (AvgIpc) is 3.24. The van der Waals surface area contributed by atoms with E-state index in [1.807, 2.05) is 38.1 Å². The number of hydrogen-bond acceptors (Lipinski definition) is 4. The maximum absolute atomic E-state index is 13.6. The van der Waals surface area contributed by atoms with Gasteiger partial charge in [-0.2, -0.15) is 0 Å². The highest BCUT2D eigenvalue weighted by Gasteiger charge is 2.59. The third-order valence-corrected chi connectivity index (χ3v) is 6.09. The highest BCUT2D eigenvalue weighted by atomic mass is 16.2. The first-order valence-corrected chi connectivity index (χ1v) is 10.3. The van der Waals surface area contributed by atoms with Crippen molar-refractivity contribution in [2.45, 2.75) is 50.7 Å². The van der Waals surface area contributed by atoms with E-state index in [1.54, 1.807) is 7.05 Å². The Hall–Kier alpha value is -2.92. The molecule has 3 N–H and O–H groups in total. The van der Waals surface area contributed by atoms with Crippen LogP contribution in [0, 0.1) is 12.5 Å². The van der Waals surface area contributed by atoms with E-state index in [-0.39, 0.29) is 49.6 Å². The summed E-state index contributed by atoms with van der Waals surface area (Å²) < 4.78 is 0. The van der Waals surface area contributed by atoms with E-state index in [4.69, 9.17) is 12.3 Å². The van der Waals surface area contributed by atoms with Gasteiger partial charge in [-0.25, -0.2) is 6.57 Å². The van der Waals surface area contributed by atoms with E-state index in [0.29, 0.717) is 6.42 Å². The summed E-state index contributed by atoms with van der Waals surface area (Å²) in [5.41, 5.74) is 6.15. The standard InChI is InChI=1S/C22H29N5O3/c1-14(2)11-17(26(4)19(28)9-10-23)20(29)27-13-22(12-18(27)24-3)15-7-5-6-8-16(15)25-21(22)30/h5-8,14,17-18H,9-13,23H2,1-2,4H3,(H,25,30)/t17-,18-,22-/m0/s1. The topological polar surface area (TPSA) is 100 Å². The number of nitrogens with one attached hydrogen (secondary N) is 1. The van der Waals surface area contributed by atoms with Crippen molar-refractivity contribution >= 4 is 23.4 Å². The van der Waals surface area contributed by atoms with Crippen LogP contribution in [-0.4, -0.2) is 59.9 Å². The number of likely N-dealkylation sites (N-methyl/N-ethyl adjacent to an activating group) is 1. The van der Waals surface area contributed by atoms with E-state index in [9.17, 15) is 14.4 Å². The van der Waals surface area contributed by atoms with Gasteiger partial charge in [0.25, 0.3) is 5.91 Å². The van der Waals surface area contributed by atoms with Crippen LogP contribution in [0.4, 0.5) is 5.69 Å². The Morgan fingerprint density at radius 2 is 2.10 bits per heavy atom. The zero-order valence-corrected chi connectivity index (χ0v) is 17.7. The van der Waals surface area contributed by atoms with Crippen LogP contribution in [0.25, 0.3) is 4.85 Å². The third-order valence-electron chi connectivity index (χ3n) is 6.09. The fraction of sp³-hybridized carbons (Fsp3) is 0.545. The normalized spacial score (nSPS) is 23.3. The molecule has 2 heterocycles. The molecule has 2 aliphatic rings. The number of amides is 3. The van der Waals surface area contributed by atoms with Crippen LogP contribution in [0.1, 0.15) is 38.7 Å². The van der Waals surface area contributed by atoms with Crippen LogP contribution in [0.2, 0.25) is 0 Å². The molecular formula is C22H29N5O3. The molecule has 0 radical (unpaired) electrons. The summed E-state index contributed by atoms with van der Waals surface area (Å²) >= 11 is 0. The molecule has 0 bridgehead atoms. The summed E-state index contributed by atoms with van der Waals surface area (Å²) in [6.07, 6.45) is 0.134. The Balaban J connectivity index is 1.93. The van der Waals surface area contributed by atoms with Gasteiger partial charge in [0.1, 0.15) is 11.5 Å². The van der Waals surface area contributed by atoms with Gasteiger partial charge in [0.05, 0.1) is 6.42 Å². The lowest BCUT2D eigenvalue weighted by molar-refractivity contribution is -0.145. The highest BCUT2D eigenvalue weighted by molar-refractivity contribution is 6.07. The summed E-state index contributed by atoms with van der Waals surface area (Å²) in [6.45, 7) is 12.0. The van der Waals surface area contributed by atoms with Crippen molar-refractivity contribution in [3.8, 4) is 0 Å². The maximum Gasteiger partial charge on any atom is 0.302 e. The molecule has 1 saturated heterocycles. The molecule has 3 atom stereocenters. The molecular weight excluding hydrogens is 382 g/mol. The van der Waals surface area contributed by atoms with Crippen molar-refractivity contribution in [2.24, 2.45) is 11.7 Å². The molecule has 3 amide bonds. The van der Waals surface area contributed by atoms with Gasteiger partial charge >= 0.3 is 6.17 Å². The number of anilines is 1. The molecule has 0 aromatic heterocycles. The first kappa shape index (κ1) is 21.8. The molecule has 0 unspecified atom stereocenters. The summed E-state index contributed by atoms with van der Waals surface area (Å²) in [5.74, 6) is -0.494. The molecule has 1 spiro atoms. The first-order chi connectivity index (χ1) is 14.2. The van der Waals surface area contributed by atoms with Crippen molar-refractivity contribution in [1.82, 2.24) is 9.80 Å². The number of nitrogens with two attached hydrogens (primary N) is 1. The Kier molecular flexibility index (Phi) is 6.13. The van der Waals surface area contributed by atoms with E-state index >= 15 is 0 Å².